The average Bonchev–Trinajstić information content (AvgIpc) is 3.26. The van der Waals surface area contributed by atoms with Gasteiger partial charge in [0.2, 0.25) is 11.9 Å². The highest BCUT2D eigenvalue weighted by molar-refractivity contribution is 7.98. The first kappa shape index (κ1) is 22.9. The zero-order chi connectivity index (χ0) is 24.2. The zero-order valence-electron chi connectivity index (χ0n) is 19.0. The minimum Gasteiger partial charge on any atom is -0.378 e. The molecule has 0 saturated carbocycles. The summed E-state index contributed by atoms with van der Waals surface area (Å²) in [5.74, 6) is 0.866. The van der Waals surface area contributed by atoms with Gasteiger partial charge >= 0.3 is 0 Å². The summed E-state index contributed by atoms with van der Waals surface area (Å²) in [5, 5.41) is 11.1. The number of rotatable bonds is 7. The van der Waals surface area contributed by atoms with E-state index in [1.54, 1.807) is 12.1 Å². The van der Waals surface area contributed by atoms with Gasteiger partial charge in [0.25, 0.3) is 0 Å². The van der Waals surface area contributed by atoms with Crippen LogP contribution in [-0.2, 0) is 4.74 Å². The molecule has 3 heterocycles. The summed E-state index contributed by atoms with van der Waals surface area (Å²) in [4.78, 5) is 15.3. The number of nitrogen functional groups attached to an aromatic ring is 1. The minimum absolute atomic E-state index is 0.106. The Balaban J connectivity index is 1.38. The molecular formula is C23H24FN9OS. The van der Waals surface area contributed by atoms with Gasteiger partial charge in [0.15, 0.2) is 11.0 Å². The molecule has 10 nitrogen and oxygen atoms in total. The third-order valence-electron chi connectivity index (χ3n) is 5.35. The monoisotopic (exact) mass is 493 g/mol. The van der Waals surface area contributed by atoms with E-state index in [0.717, 1.165) is 24.5 Å². The van der Waals surface area contributed by atoms with Crippen molar-refractivity contribution in [3.8, 4) is 5.82 Å². The molecule has 1 fully saturated rings. The summed E-state index contributed by atoms with van der Waals surface area (Å²) in [7, 11) is 0. The van der Waals surface area contributed by atoms with Crippen molar-refractivity contribution < 1.29 is 9.13 Å². The second-order valence-corrected chi connectivity index (χ2v) is 8.46. The Morgan fingerprint density at radius 1 is 1.00 bits per heavy atom. The van der Waals surface area contributed by atoms with Gasteiger partial charge < -0.3 is 26.0 Å². The lowest BCUT2D eigenvalue weighted by Gasteiger charge is -2.29. The van der Waals surface area contributed by atoms with Crippen LogP contribution < -0.4 is 21.3 Å². The maximum absolute atomic E-state index is 14.8. The molecule has 180 valence electrons. The molecule has 2 aromatic carbocycles. The van der Waals surface area contributed by atoms with Crippen LogP contribution >= 0.6 is 11.8 Å². The molecule has 0 aliphatic carbocycles. The van der Waals surface area contributed by atoms with Crippen LogP contribution in [0.3, 0.4) is 0 Å². The number of anilines is 6. The zero-order valence-corrected chi connectivity index (χ0v) is 19.8. The second kappa shape index (κ2) is 10.2. The molecular weight excluding hydrogens is 469 g/mol. The first-order valence-corrected chi connectivity index (χ1v) is 12.2. The first-order valence-electron chi connectivity index (χ1n) is 11.0. The maximum Gasteiger partial charge on any atom is 0.248 e. The van der Waals surface area contributed by atoms with Crippen molar-refractivity contribution in [3.05, 3.63) is 60.4 Å². The van der Waals surface area contributed by atoms with E-state index in [4.69, 9.17) is 10.5 Å². The second-order valence-electron chi connectivity index (χ2n) is 7.68. The van der Waals surface area contributed by atoms with Crippen molar-refractivity contribution in [1.82, 2.24) is 24.7 Å². The van der Waals surface area contributed by atoms with Gasteiger partial charge in [0.05, 0.1) is 18.9 Å². The molecule has 4 aromatic rings. The van der Waals surface area contributed by atoms with E-state index in [-0.39, 0.29) is 17.6 Å². The molecule has 0 bridgehead atoms. The lowest BCUT2D eigenvalue weighted by Crippen LogP contribution is -2.36. The minimum atomic E-state index is -0.412. The topological polar surface area (TPSA) is 119 Å². The Bertz CT molecular complexity index is 1310. The molecule has 1 saturated heterocycles. The standard InChI is InChI=1S/C23H24FN9OS/c1-35-23-28-19(26-15-5-3-2-4-6-15)14-20(29-23)33-21(25)30-22(31-33)27-18-8-7-16(13-17(18)24)32-9-11-34-12-10-32/h2-8,13-14H,9-12H2,1H3,(H,26,28,29)(H3,25,27,30,31). The fourth-order valence-corrected chi connectivity index (χ4v) is 4.01. The van der Waals surface area contributed by atoms with Crippen molar-refractivity contribution in [1.29, 1.82) is 0 Å². The van der Waals surface area contributed by atoms with Crippen LogP contribution in [-0.4, -0.2) is 57.3 Å². The lowest BCUT2D eigenvalue weighted by molar-refractivity contribution is 0.122. The molecule has 5 rings (SSSR count). The first-order chi connectivity index (χ1) is 17.1. The van der Waals surface area contributed by atoms with Gasteiger partial charge in [-0.15, -0.1) is 5.10 Å². The number of nitrogens with zero attached hydrogens (tertiary/aromatic N) is 6. The number of hydrogen-bond acceptors (Lipinski definition) is 10. The fourth-order valence-electron chi connectivity index (χ4n) is 3.64. The Morgan fingerprint density at radius 2 is 1.80 bits per heavy atom. The van der Waals surface area contributed by atoms with E-state index in [2.05, 4.69) is 35.6 Å². The molecule has 0 amide bonds. The van der Waals surface area contributed by atoms with Gasteiger partial charge in [-0.05, 0) is 36.6 Å². The largest absolute Gasteiger partial charge is 0.378 e. The summed E-state index contributed by atoms with van der Waals surface area (Å²) in [6.07, 6.45) is 1.88. The molecule has 0 radical (unpaired) electrons. The number of hydrogen-bond donors (Lipinski definition) is 3. The van der Waals surface area contributed by atoms with Crippen molar-refractivity contribution in [2.24, 2.45) is 0 Å². The number of nitrogens with one attached hydrogen (secondary N) is 2. The Kier molecular flexibility index (Phi) is 6.64. The van der Waals surface area contributed by atoms with E-state index in [0.29, 0.717) is 30.0 Å². The van der Waals surface area contributed by atoms with Crippen LogP contribution in [0.15, 0.2) is 59.8 Å². The van der Waals surface area contributed by atoms with E-state index in [1.165, 1.54) is 22.5 Å². The van der Waals surface area contributed by atoms with Crippen LogP contribution in [0.2, 0.25) is 0 Å². The van der Waals surface area contributed by atoms with Crippen molar-refractivity contribution in [2.45, 2.75) is 5.16 Å². The Morgan fingerprint density at radius 3 is 2.54 bits per heavy atom. The highest BCUT2D eigenvalue weighted by Gasteiger charge is 2.16. The molecule has 35 heavy (non-hydrogen) atoms. The molecule has 0 atom stereocenters. The molecule has 2 aromatic heterocycles. The summed E-state index contributed by atoms with van der Waals surface area (Å²) in [5.41, 5.74) is 8.07. The number of ether oxygens (including phenoxy) is 1. The van der Waals surface area contributed by atoms with Crippen LogP contribution in [0, 0.1) is 5.82 Å². The van der Waals surface area contributed by atoms with Crippen LogP contribution in [0.1, 0.15) is 0 Å². The summed E-state index contributed by atoms with van der Waals surface area (Å²) in [6.45, 7) is 2.72. The highest BCUT2D eigenvalue weighted by atomic mass is 32.2. The van der Waals surface area contributed by atoms with E-state index in [9.17, 15) is 4.39 Å². The Hall–Kier alpha value is -3.90. The molecule has 12 heteroatoms. The molecule has 0 unspecified atom stereocenters. The van der Waals surface area contributed by atoms with E-state index < -0.39 is 5.82 Å². The van der Waals surface area contributed by atoms with Crippen molar-refractivity contribution in [2.75, 3.05) is 53.8 Å². The lowest BCUT2D eigenvalue weighted by atomic mass is 10.2. The molecule has 1 aliphatic heterocycles. The predicted molar refractivity (Wildman–Crippen MR) is 136 cm³/mol. The fraction of sp³-hybridized carbons (Fsp3) is 0.217. The summed E-state index contributed by atoms with van der Waals surface area (Å²) >= 11 is 1.39. The predicted octanol–water partition coefficient (Wildman–Crippen LogP) is 3.82. The quantitative estimate of drug-likeness (QED) is 0.259. The number of aromatic nitrogens is 5. The van der Waals surface area contributed by atoms with Crippen LogP contribution in [0.5, 0.6) is 0 Å². The maximum atomic E-state index is 14.8. The number of nitrogens with two attached hydrogens (primary N) is 1. The number of morpholine rings is 1. The van der Waals surface area contributed by atoms with Gasteiger partial charge in [0, 0.05) is 30.5 Å². The van der Waals surface area contributed by atoms with Gasteiger partial charge in [-0.25, -0.2) is 14.4 Å². The van der Waals surface area contributed by atoms with Gasteiger partial charge in [0.1, 0.15) is 11.6 Å². The third-order valence-corrected chi connectivity index (χ3v) is 5.89. The molecule has 0 spiro atoms. The van der Waals surface area contributed by atoms with Gasteiger partial charge in [-0.1, -0.05) is 30.0 Å². The number of thioether (sulfide) groups is 1. The number of halogens is 1. The summed E-state index contributed by atoms with van der Waals surface area (Å²) in [6, 6.07) is 16.4. The van der Waals surface area contributed by atoms with Crippen molar-refractivity contribution in [3.63, 3.8) is 0 Å². The summed E-state index contributed by atoms with van der Waals surface area (Å²) < 4.78 is 21.6. The SMILES string of the molecule is CSc1nc(Nc2ccccc2)cc(-n2nc(Nc3ccc(N4CCOCC4)cc3F)nc2N)n1. The van der Waals surface area contributed by atoms with Gasteiger partial charge in [-0.2, -0.15) is 9.67 Å². The normalized spacial score (nSPS) is 13.6. The molecule has 4 N–H and O–H groups in total. The highest BCUT2D eigenvalue weighted by Crippen LogP contribution is 2.26. The average molecular weight is 494 g/mol. The number of para-hydroxylation sites is 1. The van der Waals surface area contributed by atoms with Crippen molar-refractivity contribution >= 4 is 46.5 Å². The van der Waals surface area contributed by atoms with Crippen LogP contribution in [0.25, 0.3) is 5.82 Å². The van der Waals surface area contributed by atoms with E-state index in [1.807, 2.05) is 42.7 Å². The third kappa shape index (κ3) is 5.28. The smallest absolute Gasteiger partial charge is 0.248 e. The van der Waals surface area contributed by atoms with Gasteiger partial charge in [-0.3, -0.25) is 0 Å². The van der Waals surface area contributed by atoms with E-state index >= 15 is 0 Å². The van der Waals surface area contributed by atoms with Crippen LogP contribution in [0.4, 0.5) is 39.2 Å². The molecule has 1 aliphatic rings. The number of benzene rings is 2. The Labute approximate surface area is 205 Å².